The number of aromatic amines is 2. The molecule has 0 unspecified atom stereocenters. The highest BCUT2D eigenvalue weighted by Crippen LogP contribution is 2.23. The number of carbonyl (C=O) groups excluding carboxylic acids is 10. The monoisotopic (exact) mass is 1550 g/mol. The van der Waals surface area contributed by atoms with Crippen molar-refractivity contribution < 1.29 is 57.8 Å². The summed E-state index contributed by atoms with van der Waals surface area (Å²) in [6.07, 6.45) is 3.79. The van der Waals surface area contributed by atoms with Crippen LogP contribution in [-0.2, 0) is 65.6 Å². The third kappa shape index (κ3) is 32.4. The van der Waals surface area contributed by atoms with E-state index >= 15 is 14.4 Å². The van der Waals surface area contributed by atoms with E-state index in [9.17, 15) is 43.5 Å². The summed E-state index contributed by atoms with van der Waals surface area (Å²) in [5.41, 5.74) is 53.7. The minimum atomic E-state index is -1.48. The molecule has 37 nitrogen and oxygen atoms in total. The van der Waals surface area contributed by atoms with Gasteiger partial charge in [0.2, 0.25) is 59.1 Å². The molecule has 614 valence electrons. The maximum atomic E-state index is 15.1. The quantitative estimate of drug-likeness (QED) is 0.0134. The summed E-state index contributed by atoms with van der Waals surface area (Å²) in [5, 5.41) is 38.9. The number of nitrogens with two attached hydrogens (primary N) is 9. The van der Waals surface area contributed by atoms with E-state index in [1.807, 2.05) is 44.2 Å². The van der Waals surface area contributed by atoms with Crippen LogP contribution in [0.25, 0.3) is 21.8 Å². The van der Waals surface area contributed by atoms with Crippen LogP contribution in [0.15, 0.2) is 80.9 Å². The number of fused-ring (bicyclic) bond motifs is 2. The molecule has 4 aromatic rings. The number of aliphatic imine (C=N–C) groups is 4. The Morgan fingerprint density at radius 1 is 0.351 bits per heavy atom. The lowest BCUT2D eigenvalue weighted by Crippen LogP contribution is -2.62. The fourth-order valence-corrected chi connectivity index (χ4v) is 12.3. The van der Waals surface area contributed by atoms with E-state index < -0.39 is 143 Å². The van der Waals surface area contributed by atoms with Gasteiger partial charge in [0.05, 0.1) is 6.04 Å². The van der Waals surface area contributed by atoms with E-state index in [1.54, 1.807) is 86.0 Å². The predicted octanol–water partition coefficient (Wildman–Crippen LogP) is -1.64. The number of hydrogen-bond acceptors (Lipinski definition) is 16. The SMILES string of the molecule is CC(C)C[C@H](NC(=O)[C@H](CCCN=C(N)N)NC(=O)[C@H](CC(C)C)NC(=O)[C@H](Cc1c[nH]c2ccccc12)NC(=O)[C@@H](NC(=O)[C@H](CCCN=C(N)N)NC(=O)[C@@H](NC(=O)[C@H](Cc1c[nH]c2ccccc12)NC(=O)[C@H](CCCN=C(N)N)NC(=O)[C@H](CCCN=C(N)N)NC(=O)[C@@H](N)CC(C)C)C(C)C)C(C)C)C(=O)O. The van der Waals surface area contributed by atoms with E-state index in [0.717, 1.165) is 0 Å². The highest BCUT2D eigenvalue weighted by molar-refractivity contribution is 6.00. The molecule has 111 heavy (non-hydrogen) atoms. The van der Waals surface area contributed by atoms with Gasteiger partial charge in [-0.2, -0.15) is 0 Å². The van der Waals surface area contributed by atoms with E-state index in [4.69, 9.17) is 51.6 Å². The summed E-state index contributed by atoms with van der Waals surface area (Å²) in [4.78, 5) is 181. The number of benzene rings is 2. The lowest BCUT2D eigenvalue weighted by molar-refractivity contribution is -0.143. The van der Waals surface area contributed by atoms with Crippen molar-refractivity contribution in [1.29, 1.82) is 0 Å². The van der Waals surface area contributed by atoms with Crippen molar-refractivity contribution in [2.75, 3.05) is 26.2 Å². The molecule has 0 aliphatic rings. The Morgan fingerprint density at radius 3 is 0.964 bits per heavy atom. The predicted molar refractivity (Wildman–Crippen MR) is 427 cm³/mol. The van der Waals surface area contributed by atoms with E-state index in [0.29, 0.717) is 39.4 Å². The topological polar surface area (TPSA) is 643 Å². The number of carboxylic acids is 1. The fraction of sp³-hybridized carbons (Fsp3) is 0.581. The normalized spacial score (nSPS) is 14.3. The molecule has 0 aliphatic carbocycles. The number of nitrogens with one attached hydrogen (secondary N) is 12. The summed E-state index contributed by atoms with van der Waals surface area (Å²) >= 11 is 0. The molecule has 0 radical (unpaired) electrons. The van der Waals surface area contributed by atoms with Crippen LogP contribution in [0.2, 0.25) is 0 Å². The van der Waals surface area contributed by atoms with E-state index in [1.165, 1.54) is 0 Å². The van der Waals surface area contributed by atoms with Crippen molar-refractivity contribution in [1.82, 2.24) is 63.1 Å². The summed E-state index contributed by atoms with van der Waals surface area (Å²) < 4.78 is 0. The molecule has 0 fully saturated rings. The molecule has 2 heterocycles. The van der Waals surface area contributed by atoms with Crippen LogP contribution in [0.1, 0.15) is 151 Å². The number of rotatable bonds is 49. The van der Waals surface area contributed by atoms with Crippen molar-refractivity contribution in [2.45, 2.75) is 219 Å². The Kier molecular flexibility index (Phi) is 38.4. The third-order valence-corrected chi connectivity index (χ3v) is 18.0. The molecule has 0 saturated heterocycles. The molecule has 31 N–H and O–H groups in total. The van der Waals surface area contributed by atoms with Gasteiger partial charge in [-0.15, -0.1) is 0 Å². The smallest absolute Gasteiger partial charge is 0.326 e. The lowest BCUT2D eigenvalue weighted by atomic mass is 9.98. The first kappa shape index (κ1) is 92.1. The van der Waals surface area contributed by atoms with Gasteiger partial charge >= 0.3 is 5.97 Å². The Hall–Kier alpha value is -11.3. The lowest BCUT2D eigenvalue weighted by Gasteiger charge is -2.30. The number of para-hydroxylation sites is 2. The molecule has 0 spiro atoms. The maximum Gasteiger partial charge on any atom is 0.326 e. The molecular weight excluding hydrogens is 1430 g/mol. The molecule has 10 amide bonds. The molecule has 4 rings (SSSR count). The summed E-state index contributed by atoms with van der Waals surface area (Å²) in [6.45, 7) is 17.7. The van der Waals surface area contributed by atoms with Crippen LogP contribution in [0.5, 0.6) is 0 Å². The van der Waals surface area contributed by atoms with Crippen LogP contribution < -0.4 is 105 Å². The van der Waals surface area contributed by atoms with Crippen LogP contribution in [-0.4, -0.2) is 197 Å². The Labute approximate surface area is 647 Å². The second kappa shape index (κ2) is 46.3. The number of guanidine groups is 4. The maximum absolute atomic E-state index is 15.1. The molecule has 0 saturated carbocycles. The zero-order valence-corrected chi connectivity index (χ0v) is 65.5. The van der Waals surface area contributed by atoms with Crippen molar-refractivity contribution >= 4 is 111 Å². The van der Waals surface area contributed by atoms with Crippen molar-refractivity contribution in [3.05, 3.63) is 72.1 Å². The summed E-state index contributed by atoms with van der Waals surface area (Å²) in [7, 11) is 0. The van der Waals surface area contributed by atoms with Crippen molar-refractivity contribution in [2.24, 2.45) is 101 Å². The minimum absolute atomic E-state index is 0.0101. The van der Waals surface area contributed by atoms with Gasteiger partial charge in [-0.3, -0.25) is 67.9 Å². The zero-order chi connectivity index (χ0) is 82.8. The van der Waals surface area contributed by atoms with Gasteiger partial charge in [-0.05, 0) is 123 Å². The molecular formula is C74H121N25O12. The molecule has 37 heteroatoms. The molecule has 11 atom stereocenters. The van der Waals surface area contributed by atoms with Gasteiger partial charge in [0.1, 0.15) is 60.4 Å². The highest BCUT2D eigenvalue weighted by Gasteiger charge is 2.38. The number of carbonyl (C=O) groups is 11. The van der Waals surface area contributed by atoms with Gasteiger partial charge in [-0.1, -0.05) is 106 Å². The number of amides is 10. The molecule has 2 aromatic carbocycles. The first-order valence-corrected chi connectivity index (χ1v) is 37.7. The van der Waals surface area contributed by atoms with E-state index in [2.05, 4.69) is 83.1 Å². The average Bonchev–Trinajstić information content (AvgIpc) is 1.72. The third-order valence-electron chi connectivity index (χ3n) is 18.0. The van der Waals surface area contributed by atoms with Gasteiger partial charge < -0.3 is 120 Å². The second-order valence-corrected chi connectivity index (χ2v) is 29.7. The largest absolute Gasteiger partial charge is 0.480 e. The number of carboxylic acid groups (broad SMARTS) is 1. The number of aromatic nitrogens is 2. The average molecular weight is 1550 g/mol. The number of hydrogen-bond donors (Lipinski definition) is 22. The number of H-pyrrole nitrogens is 2. The fourth-order valence-electron chi connectivity index (χ4n) is 12.3. The first-order chi connectivity index (χ1) is 52.3. The van der Waals surface area contributed by atoms with Gasteiger partial charge in [0.15, 0.2) is 23.8 Å². The Morgan fingerprint density at radius 2 is 0.622 bits per heavy atom. The Balaban J connectivity index is 1.73. The van der Waals surface area contributed by atoms with Crippen LogP contribution in [0, 0.1) is 29.6 Å². The standard InChI is InChI=1S/C74H121N25O12/c1-38(2)31-47(75)60(100)90-50(23-15-27-84-71(76)77)61(101)91-51(24-16-28-85-72(78)79)62(102)95-56(35-44-37-89-49-22-14-12-20-46(44)49)67(107)99-58(41(7)8)68(108)93-53(26-18-30-87-74(82)83)64(104)98-59(42(9)10)69(109)96-55(34-43-36-88-48-21-13-11-19-45(43)48)66(106)94-54(32-39(3)4)65(105)92-52(25-17-29-86-73(80)81)63(103)97-57(70(110)111)33-40(5)6/h11-14,19-22,36-42,47,50-59,88-89H,15-18,23-35,75H2,1-10H3,(H,90,100)(H,91,101)(H,92,105)(H,93,108)(H,94,106)(H,95,102)(H,96,109)(H,97,103)(H,98,104)(H,99,107)(H,110,111)(H4,76,77,84)(H4,78,79,85)(H4,80,81,86)(H4,82,83,87)/t47-,50-,51-,52-,53-,54-,55-,56-,57-,58-,59-/m0/s1. The summed E-state index contributed by atoms with van der Waals surface area (Å²) in [6, 6.07) is -0.370. The molecule has 0 bridgehead atoms. The second-order valence-electron chi connectivity index (χ2n) is 29.7. The van der Waals surface area contributed by atoms with Gasteiger partial charge in [0.25, 0.3) is 0 Å². The van der Waals surface area contributed by atoms with Crippen molar-refractivity contribution in [3.63, 3.8) is 0 Å². The summed E-state index contributed by atoms with van der Waals surface area (Å²) in [5.74, 6) is -12.0. The zero-order valence-electron chi connectivity index (χ0n) is 65.5. The van der Waals surface area contributed by atoms with Crippen LogP contribution in [0.3, 0.4) is 0 Å². The minimum Gasteiger partial charge on any atom is -0.480 e. The first-order valence-electron chi connectivity index (χ1n) is 37.7. The van der Waals surface area contributed by atoms with Crippen molar-refractivity contribution in [3.8, 4) is 0 Å². The highest BCUT2D eigenvalue weighted by atomic mass is 16.4. The van der Waals surface area contributed by atoms with Gasteiger partial charge in [0, 0.05) is 73.2 Å². The Bertz CT molecular complexity index is 3870. The number of aliphatic carboxylic acids is 1. The van der Waals surface area contributed by atoms with Gasteiger partial charge in [-0.25, -0.2) is 4.79 Å². The molecule has 0 aliphatic heterocycles. The van der Waals surface area contributed by atoms with E-state index in [-0.39, 0.29) is 145 Å². The van der Waals surface area contributed by atoms with Crippen LogP contribution >= 0.6 is 0 Å². The van der Waals surface area contributed by atoms with Crippen LogP contribution in [0.4, 0.5) is 0 Å². The number of nitrogens with zero attached hydrogens (tertiary/aromatic N) is 4. The molecule has 2 aromatic heterocycles.